The van der Waals surface area contributed by atoms with E-state index in [4.69, 9.17) is 4.74 Å². The highest BCUT2D eigenvalue weighted by molar-refractivity contribution is 6.88. The second-order valence-corrected chi connectivity index (χ2v) is 11.4. The van der Waals surface area contributed by atoms with E-state index in [1.807, 2.05) is 0 Å². The van der Waals surface area contributed by atoms with Crippen molar-refractivity contribution in [2.75, 3.05) is 6.61 Å². The Hall–Kier alpha value is -0.643. The Kier molecular flexibility index (Phi) is 4.25. The third-order valence-corrected chi connectivity index (χ3v) is 5.83. The molecule has 1 heterocycles. The minimum Gasteiger partial charge on any atom is -0.377 e. The number of nitrogens with one attached hydrogen (secondary N) is 1. The highest BCUT2D eigenvalue weighted by Gasteiger charge is 2.23. The molecule has 1 N–H and O–H groups in total. The van der Waals surface area contributed by atoms with Gasteiger partial charge in [-0.2, -0.15) is 0 Å². The standard InChI is InChI=1S/C15H25NOSi/c1-12-15(9-10-17-12)16-11-13-5-7-14(8-6-13)18(2,3)4/h5-8,12,15-16H,9-11H2,1-4H3. The van der Waals surface area contributed by atoms with Gasteiger partial charge in [-0.3, -0.25) is 0 Å². The summed E-state index contributed by atoms with van der Waals surface area (Å²) in [7, 11) is -1.16. The zero-order valence-electron chi connectivity index (χ0n) is 12.0. The van der Waals surface area contributed by atoms with E-state index in [1.165, 1.54) is 10.8 Å². The molecule has 3 heteroatoms. The highest BCUT2D eigenvalue weighted by atomic mass is 28.3. The van der Waals surface area contributed by atoms with Crippen LogP contribution in [0.4, 0.5) is 0 Å². The van der Waals surface area contributed by atoms with Crippen molar-refractivity contribution in [3.63, 3.8) is 0 Å². The molecular formula is C15H25NOSi. The Balaban J connectivity index is 1.90. The van der Waals surface area contributed by atoms with Gasteiger partial charge in [0.15, 0.2) is 0 Å². The number of hydrogen-bond donors (Lipinski definition) is 1. The lowest BCUT2D eigenvalue weighted by Crippen LogP contribution is -2.37. The van der Waals surface area contributed by atoms with E-state index in [1.54, 1.807) is 0 Å². The molecule has 1 fully saturated rings. The van der Waals surface area contributed by atoms with Crippen LogP contribution in [-0.4, -0.2) is 26.8 Å². The lowest BCUT2D eigenvalue weighted by molar-refractivity contribution is 0.113. The van der Waals surface area contributed by atoms with E-state index in [-0.39, 0.29) is 0 Å². The average molecular weight is 263 g/mol. The van der Waals surface area contributed by atoms with Crippen LogP contribution in [0.2, 0.25) is 19.6 Å². The number of ether oxygens (including phenoxy) is 1. The van der Waals surface area contributed by atoms with Crippen LogP contribution in [0.5, 0.6) is 0 Å². The molecule has 1 aliphatic heterocycles. The Labute approximate surface area is 112 Å². The van der Waals surface area contributed by atoms with Crippen molar-refractivity contribution in [1.29, 1.82) is 0 Å². The quantitative estimate of drug-likeness (QED) is 0.843. The molecule has 1 aliphatic rings. The molecular weight excluding hydrogens is 238 g/mol. The molecule has 2 rings (SSSR count). The van der Waals surface area contributed by atoms with Gasteiger partial charge in [0.2, 0.25) is 0 Å². The molecule has 0 radical (unpaired) electrons. The van der Waals surface area contributed by atoms with Crippen LogP contribution in [0.25, 0.3) is 0 Å². The van der Waals surface area contributed by atoms with Crippen LogP contribution in [0, 0.1) is 0 Å². The average Bonchev–Trinajstić information content (AvgIpc) is 2.72. The van der Waals surface area contributed by atoms with Crippen molar-refractivity contribution >= 4 is 13.3 Å². The number of benzene rings is 1. The second kappa shape index (κ2) is 5.55. The fraction of sp³-hybridized carbons (Fsp3) is 0.600. The van der Waals surface area contributed by atoms with Gasteiger partial charge in [-0.05, 0) is 18.9 Å². The summed E-state index contributed by atoms with van der Waals surface area (Å²) in [5, 5.41) is 5.12. The summed E-state index contributed by atoms with van der Waals surface area (Å²) >= 11 is 0. The van der Waals surface area contributed by atoms with Crippen molar-refractivity contribution in [3.8, 4) is 0 Å². The van der Waals surface area contributed by atoms with Crippen LogP contribution in [0.1, 0.15) is 18.9 Å². The van der Waals surface area contributed by atoms with Gasteiger partial charge in [0.1, 0.15) is 0 Å². The lowest BCUT2D eigenvalue weighted by Gasteiger charge is -2.18. The molecule has 2 nitrogen and oxygen atoms in total. The molecule has 1 aromatic carbocycles. The van der Waals surface area contributed by atoms with Crippen LogP contribution in [0.15, 0.2) is 24.3 Å². The van der Waals surface area contributed by atoms with Gasteiger partial charge >= 0.3 is 0 Å². The molecule has 0 spiro atoms. The molecule has 0 aliphatic carbocycles. The molecule has 0 aromatic heterocycles. The van der Waals surface area contributed by atoms with Crippen molar-refractivity contribution in [3.05, 3.63) is 29.8 Å². The molecule has 0 bridgehead atoms. The second-order valence-electron chi connectivity index (χ2n) is 6.30. The number of rotatable bonds is 4. The first-order valence-corrected chi connectivity index (χ1v) is 10.4. The van der Waals surface area contributed by atoms with Gasteiger partial charge in [0.25, 0.3) is 0 Å². The van der Waals surface area contributed by atoms with E-state index in [0.717, 1.165) is 19.6 Å². The topological polar surface area (TPSA) is 21.3 Å². The third kappa shape index (κ3) is 3.43. The Morgan fingerprint density at radius 1 is 1.22 bits per heavy atom. The summed E-state index contributed by atoms with van der Waals surface area (Å²) in [6, 6.07) is 9.65. The fourth-order valence-electron chi connectivity index (χ4n) is 2.37. The lowest BCUT2D eigenvalue weighted by atomic mass is 10.1. The zero-order chi connectivity index (χ0) is 13.2. The van der Waals surface area contributed by atoms with Crippen LogP contribution >= 0.6 is 0 Å². The molecule has 2 atom stereocenters. The summed E-state index contributed by atoms with van der Waals surface area (Å²) in [5.74, 6) is 0. The Bertz CT molecular complexity index is 382. The molecule has 0 saturated carbocycles. The first kappa shape index (κ1) is 13.8. The maximum absolute atomic E-state index is 5.56. The van der Waals surface area contributed by atoms with Crippen LogP contribution < -0.4 is 10.5 Å². The first-order chi connectivity index (χ1) is 8.47. The Morgan fingerprint density at radius 3 is 2.39 bits per heavy atom. The monoisotopic (exact) mass is 263 g/mol. The highest BCUT2D eigenvalue weighted by Crippen LogP contribution is 2.13. The van der Waals surface area contributed by atoms with Crippen LogP contribution in [-0.2, 0) is 11.3 Å². The fourth-order valence-corrected chi connectivity index (χ4v) is 3.54. The zero-order valence-corrected chi connectivity index (χ0v) is 13.0. The van der Waals surface area contributed by atoms with E-state index in [0.29, 0.717) is 12.1 Å². The maximum Gasteiger partial charge on any atom is 0.0775 e. The summed E-state index contributed by atoms with van der Waals surface area (Å²) < 4.78 is 5.56. The van der Waals surface area contributed by atoms with Crippen molar-refractivity contribution in [1.82, 2.24) is 5.32 Å². The minimum atomic E-state index is -1.16. The molecule has 2 unspecified atom stereocenters. The smallest absolute Gasteiger partial charge is 0.0775 e. The van der Waals surface area contributed by atoms with Crippen LogP contribution in [0.3, 0.4) is 0 Å². The predicted molar refractivity (Wildman–Crippen MR) is 80.1 cm³/mol. The summed E-state index contributed by atoms with van der Waals surface area (Å²) in [6.07, 6.45) is 1.49. The normalized spacial score (nSPS) is 24.4. The van der Waals surface area contributed by atoms with Crippen molar-refractivity contribution in [2.24, 2.45) is 0 Å². The van der Waals surface area contributed by atoms with Gasteiger partial charge in [-0.25, -0.2) is 0 Å². The molecule has 0 amide bonds. The first-order valence-electron chi connectivity index (χ1n) is 6.91. The minimum absolute atomic E-state index is 0.353. The van der Waals surface area contributed by atoms with Gasteiger partial charge in [0.05, 0.1) is 14.2 Å². The molecule has 100 valence electrons. The molecule has 1 aromatic rings. The van der Waals surface area contributed by atoms with Gasteiger partial charge in [-0.1, -0.05) is 49.1 Å². The van der Waals surface area contributed by atoms with Crippen molar-refractivity contribution < 1.29 is 4.74 Å². The SMILES string of the molecule is CC1OCCC1NCc1ccc([Si](C)(C)C)cc1. The largest absolute Gasteiger partial charge is 0.377 e. The third-order valence-electron chi connectivity index (χ3n) is 3.76. The van der Waals surface area contributed by atoms with E-state index >= 15 is 0 Å². The number of hydrogen-bond acceptors (Lipinski definition) is 2. The summed E-state index contributed by atoms with van der Waals surface area (Å²) in [5.41, 5.74) is 1.37. The van der Waals surface area contributed by atoms with Gasteiger partial charge in [0, 0.05) is 19.2 Å². The van der Waals surface area contributed by atoms with Gasteiger partial charge < -0.3 is 10.1 Å². The predicted octanol–water partition coefficient (Wildman–Crippen LogP) is 2.50. The van der Waals surface area contributed by atoms with E-state index in [9.17, 15) is 0 Å². The van der Waals surface area contributed by atoms with Gasteiger partial charge in [-0.15, -0.1) is 0 Å². The maximum atomic E-state index is 5.56. The van der Waals surface area contributed by atoms with Crippen molar-refractivity contribution in [2.45, 2.75) is 51.7 Å². The Morgan fingerprint density at radius 2 is 1.89 bits per heavy atom. The molecule has 1 saturated heterocycles. The molecule has 18 heavy (non-hydrogen) atoms. The van der Waals surface area contributed by atoms with E-state index < -0.39 is 8.07 Å². The van der Waals surface area contributed by atoms with E-state index in [2.05, 4.69) is 56.1 Å². The summed E-state index contributed by atoms with van der Waals surface area (Å²) in [6.45, 7) is 11.2. The summed E-state index contributed by atoms with van der Waals surface area (Å²) in [4.78, 5) is 0.